The number of nitrogens with one attached hydrogen (secondary N) is 1. The summed E-state index contributed by atoms with van der Waals surface area (Å²) in [4.78, 5) is 10.9. The minimum Gasteiger partial charge on any atom is -0.284 e. The molecule has 2 N–H and O–H groups in total. The number of hydrogen-bond acceptors (Lipinski definition) is 3. The molecule has 0 bridgehead atoms. The lowest BCUT2D eigenvalue weighted by molar-refractivity contribution is -0.177. The molecule has 1 amide bonds. The van der Waals surface area contributed by atoms with E-state index in [1.807, 2.05) is 0 Å². The Morgan fingerprint density at radius 2 is 2.20 bits per heavy atom. The maximum Gasteiger partial charge on any atom is 0.264 e. The van der Waals surface area contributed by atoms with Crippen molar-refractivity contribution in [2.24, 2.45) is 0 Å². The molecule has 0 aromatic rings. The zero-order valence-electron chi connectivity index (χ0n) is 6.38. The van der Waals surface area contributed by atoms with E-state index in [0.29, 0.717) is 0 Å². The van der Waals surface area contributed by atoms with Gasteiger partial charge in [0.15, 0.2) is 0 Å². The molecule has 0 aromatic heterocycles. The topological polar surface area (TPSA) is 52.6 Å². The fraction of sp³-hybridized carbons (Fsp3) is 0.833. The smallest absolute Gasteiger partial charge is 0.264 e. The molecule has 1 rings (SSSR count). The van der Waals surface area contributed by atoms with E-state index in [4.69, 9.17) is 5.21 Å². The third kappa shape index (κ3) is 0.892. The molecule has 1 aliphatic heterocycles. The SMILES string of the molecule is CC1NC(C)(C)N(O)C1=O. The molecule has 1 saturated heterocycles. The van der Waals surface area contributed by atoms with Crippen molar-refractivity contribution in [3.63, 3.8) is 0 Å². The van der Waals surface area contributed by atoms with Crippen LogP contribution in [0.1, 0.15) is 20.8 Å². The normalized spacial score (nSPS) is 31.4. The van der Waals surface area contributed by atoms with Gasteiger partial charge in [0.05, 0.1) is 6.04 Å². The molecule has 1 unspecified atom stereocenters. The lowest BCUT2D eigenvalue weighted by atomic mass is 10.3. The quantitative estimate of drug-likeness (QED) is 0.468. The largest absolute Gasteiger partial charge is 0.284 e. The van der Waals surface area contributed by atoms with Gasteiger partial charge in [-0.05, 0) is 20.8 Å². The number of amides is 1. The first-order valence-corrected chi connectivity index (χ1v) is 3.26. The first-order chi connectivity index (χ1) is 4.45. The van der Waals surface area contributed by atoms with Gasteiger partial charge in [-0.25, -0.2) is 5.06 Å². The Balaban J connectivity index is 2.81. The first-order valence-electron chi connectivity index (χ1n) is 3.26. The van der Waals surface area contributed by atoms with Crippen LogP contribution in [0.15, 0.2) is 0 Å². The van der Waals surface area contributed by atoms with Crippen LogP contribution in [0, 0.1) is 0 Å². The van der Waals surface area contributed by atoms with Gasteiger partial charge >= 0.3 is 0 Å². The van der Waals surface area contributed by atoms with Crippen LogP contribution in [0.5, 0.6) is 0 Å². The molecule has 1 aliphatic rings. The van der Waals surface area contributed by atoms with Gasteiger partial charge in [-0.15, -0.1) is 0 Å². The van der Waals surface area contributed by atoms with Crippen molar-refractivity contribution in [2.45, 2.75) is 32.5 Å². The second kappa shape index (κ2) is 1.93. The highest BCUT2D eigenvalue weighted by molar-refractivity contribution is 5.83. The van der Waals surface area contributed by atoms with E-state index in [0.717, 1.165) is 5.06 Å². The van der Waals surface area contributed by atoms with E-state index in [2.05, 4.69) is 5.32 Å². The standard InChI is InChI=1S/C6H12N2O2/c1-4-5(9)8(10)6(2,3)7-4/h4,7,10H,1-3H3. The molecule has 0 aliphatic carbocycles. The minimum absolute atomic E-state index is 0.273. The fourth-order valence-electron chi connectivity index (χ4n) is 1.11. The Labute approximate surface area is 59.8 Å². The number of carbonyl (C=O) groups is 1. The summed E-state index contributed by atoms with van der Waals surface area (Å²) in [5, 5.41) is 12.8. The number of hydrogen-bond donors (Lipinski definition) is 2. The van der Waals surface area contributed by atoms with E-state index in [1.54, 1.807) is 20.8 Å². The van der Waals surface area contributed by atoms with Gasteiger partial charge in [-0.1, -0.05) is 0 Å². The molecular formula is C6H12N2O2. The van der Waals surface area contributed by atoms with Gasteiger partial charge in [-0.3, -0.25) is 15.3 Å². The van der Waals surface area contributed by atoms with Crippen molar-refractivity contribution in [3.05, 3.63) is 0 Å². The molecule has 0 saturated carbocycles. The van der Waals surface area contributed by atoms with Crippen molar-refractivity contribution in [2.75, 3.05) is 0 Å². The summed E-state index contributed by atoms with van der Waals surface area (Å²) >= 11 is 0. The van der Waals surface area contributed by atoms with Gasteiger partial charge in [0.25, 0.3) is 5.91 Å². The van der Waals surface area contributed by atoms with Crippen LogP contribution in [0.25, 0.3) is 0 Å². The first kappa shape index (κ1) is 7.50. The molecule has 1 atom stereocenters. The third-order valence-corrected chi connectivity index (χ3v) is 1.68. The zero-order valence-corrected chi connectivity index (χ0v) is 6.38. The highest BCUT2D eigenvalue weighted by atomic mass is 16.5. The van der Waals surface area contributed by atoms with Crippen molar-refractivity contribution in [1.29, 1.82) is 0 Å². The lowest BCUT2D eigenvalue weighted by Gasteiger charge is -2.24. The average molecular weight is 144 g/mol. The van der Waals surface area contributed by atoms with E-state index in [-0.39, 0.29) is 11.9 Å². The van der Waals surface area contributed by atoms with Gasteiger partial charge in [0.2, 0.25) is 0 Å². The number of rotatable bonds is 0. The van der Waals surface area contributed by atoms with Crippen molar-refractivity contribution in [1.82, 2.24) is 10.4 Å². The maximum absolute atomic E-state index is 10.9. The van der Waals surface area contributed by atoms with Crippen LogP contribution in [-0.4, -0.2) is 27.9 Å². The maximum atomic E-state index is 10.9. The van der Waals surface area contributed by atoms with E-state index < -0.39 is 5.66 Å². The summed E-state index contributed by atoms with van der Waals surface area (Å²) in [6.45, 7) is 5.21. The Hall–Kier alpha value is -0.610. The van der Waals surface area contributed by atoms with Crippen molar-refractivity contribution in [3.8, 4) is 0 Å². The van der Waals surface area contributed by atoms with Crippen molar-refractivity contribution >= 4 is 5.91 Å². The predicted molar refractivity (Wildman–Crippen MR) is 35.3 cm³/mol. The molecule has 4 nitrogen and oxygen atoms in total. The number of hydroxylamine groups is 2. The van der Waals surface area contributed by atoms with E-state index in [9.17, 15) is 4.79 Å². The Kier molecular flexibility index (Phi) is 1.45. The lowest BCUT2D eigenvalue weighted by Crippen LogP contribution is -2.45. The summed E-state index contributed by atoms with van der Waals surface area (Å²) in [5.41, 5.74) is -0.615. The van der Waals surface area contributed by atoms with Crippen LogP contribution in [0.4, 0.5) is 0 Å². The summed E-state index contributed by atoms with van der Waals surface area (Å²) in [6, 6.07) is -0.278. The molecule has 58 valence electrons. The molecule has 10 heavy (non-hydrogen) atoms. The molecule has 0 spiro atoms. The second-order valence-electron chi connectivity index (χ2n) is 3.08. The summed E-state index contributed by atoms with van der Waals surface area (Å²) in [7, 11) is 0. The van der Waals surface area contributed by atoms with Crippen LogP contribution in [0.2, 0.25) is 0 Å². The van der Waals surface area contributed by atoms with Gasteiger partial charge < -0.3 is 0 Å². The Morgan fingerprint density at radius 1 is 1.70 bits per heavy atom. The molecular weight excluding hydrogens is 132 g/mol. The molecule has 0 aromatic carbocycles. The Bertz CT molecular complexity index is 167. The molecule has 0 radical (unpaired) electrons. The Morgan fingerprint density at radius 3 is 2.30 bits per heavy atom. The van der Waals surface area contributed by atoms with Gasteiger partial charge in [-0.2, -0.15) is 0 Å². The summed E-state index contributed by atoms with van der Waals surface area (Å²) in [5.74, 6) is -0.273. The molecule has 1 fully saturated rings. The van der Waals surface area contributed by atoms with Crippen molar-refractivity contribution < 1.29 is 10.0 Å². The monoisotopic (exact) mass is 144 g/mol. The minimum atomic E-state index is -0.615. The predicted octanol–water partition coefficient (Wildman–Crippen LogP) is -0.0680. The van der Waals surface area contributed by atoms with Gasteiger partial charge in [0, 0.05) is 0 Å². The highest BCUT2D eigenvalue weighted by Crippen LogP contribution is 2.17. The number of carbonyl (C=O) groups excluding carboxylic acids is 1. The molecule has 4 heteroatoms. The zero-order chi connectivity index (χ0) is 7.94. The molecule has 1 heterocycles. The third-order valence-electron chi connectivity index (χ3n) is 1.68. The van der Waals surface area contributed by atoms with Crippen LogP contribution in [0.3, 0.4) is 0 Å². The van der Waals surface area contributed by atoms with E-state index >= 15 is 0 Å². The highest BCUT2D eigenvalue weighted by Gasteiger charge is 2.41. The summed E-state index contributed by atoms with van der Waals surface area (Å²) < 4.78 is 0. The van der Waals surface area contributed by atoms with Crippen LogP contribution in [-0.2, 0) is 4.79 Å². The van der Waals surface area contributed by atoms with Gasteiger partial charge in [0.1, 0.15) is 5.66 Å². The number of nitrogens with zero attached hydrogens (tertiary/aromatic N) is 1. The second-order valence-corrected chi connectivity index (χ2v) is 3.08. The van der Waals surface area contributed by atoms with Crippen LogP contribution >= 0.6 is 0 Å². The average Bonchev–Trinajstić information content (AvgIpc) is 1.95. The fourth-order valence-corrected chi connectivity index (χ4v) is 1.11. The van der Waals surface area contributed by atoms with Crippen LogP contribution < -0.4 is 5.32 Å². The van der Waals surface area contributed by atoms with E-state index in [1.165, 1.54) is 0 Å². The summed E-state index contributed by atoms with van der Waals surface area (Å²) in [6.07, 6.45) is 0.